The monoisotopic (exact) mass is 341 g/mol. The molecule has 1 unspecified atom stereocenters. The third-order valence-electron chi connectivity index (χ3n) is 6.16. The van der Waals surface area contributed by atoms with Crippen LogP contribution in [0.4, 0.5) is 5.95 Å². The molecule has 6 nitrogen and oxygen atoms in total. The molecule has 2 fully saturated rings. The first-order chi connectivity index (χ1) is 12.2. The number of nitrogens with zero attached hydrogens (tertiary/aromatic N) is 5. The number of aromatic nitrogens is 3. The number of rotatable bonds is 4. The van der Waals surface area contributed by atoms with E-state index in [1.165, 1.54) is 5.69 Å². The van der Waals surface area contributed by atoms with Crippen molar-refractivity contribution in [3.8, 4) is 0 Å². The molecule has 0 aromatic carbocycles. The third kappa shape index (κ3) is 3.16. The Hall–Kier alpha value is -1.92. The standard InChI is InChI=1S/C19H27N5O/c1-22-9-2-4-17(22)13-23-10-5-19(6-11-23)15-24(12-16(19)14-25)18-20-7-3-8-21-18/h2-4,7-9,16,25H,5-6,10-15H2,1H3. The number of likely N-dealkylation sites (tertiary alicyclic amines) is 1. The van der Waals surface area contributed by atoms with Gasteiger partial charge in [-0.1, -0.05) is 0 Å². The number of aliphatic hydroxyl groups excluding tert-OH is 1. The van der Waals surface area contributed by atoms with Gasteiger partial charge in [0.05, 0.1) is 0 Å². The van der Waals surface area contributed by atoms with E-state index in [2.05, 4.69) is 49.7 Å². The lowest BCUT2D eigenvalue weighted by molar-refractivity contribution is 0.0499. The molecule has 1 spiro atoms. The van der Waals surface area contributed by atoms with Crippen LogP contribution in [0.2, 0.25) is 0 Å². The van der Waals surface area contributed by atoms with E-state index in [0.29, 0.717) is 5.92 Å². The van der Waals surface area contributed by atoms with Crippen LogP contribution in [0.1, 0.15) is 18.5 Å². The minimum Gasteiger partial charge on any atom is -0.396 e. The summed E-state index contributed by atoms with van der Waals surface area (Å²) in [5.41, 5.74) is 1.55. The molecule has 6 heteroatoms. The second-order valence-electron chi connectivity index (χ2n) is 7.56. The van der Waals surface area contributed by atoms with Gasteiger partial charge in [-0.2, -0.15) is 0 Å². The van der Waals surface area contributed by atoms with Gasteiger partial charge in [0.2, 0.25) is 5.95 Å². The summed E-state index contributed by atoms with van der Waals surface area (Å²) in [5, 5.41) is 9.97. The first-order valence-corrected chi connectivity index (χ1v) is 9.15. The Balaban J connectivity index is 1.43. The van der Waals surface area contributed by atoms with Crippen molar-refractivity contribution in [2.75, 3.05) is 37.7 Å². The normalized spacial score (nSPS) is 23.4. The van der Waals surface area contributed by atoms with Gasteiger partial charge in [-0.25, -0.2) is 9.97 Å². The zero-order valence-corrected chi connectivity index (χ0v) is 14.9. The molecule has 2 aromatic heterocycles. The summed E-state index contributed by atoms with van der Waals surface area (Å²) in [6, 6.07) is 6.16. The van der Waals surface area contributed by atoms with Gasteiger partial charge in [-0.15, -0.1) is 0 Å². The van der Waals surface area contributed by atoms with E-state index < -0.39 is 0 Å². The molecule has 2 aliphatic rings. The van der Waals surface area contributed by atoms with Crippen LogP contribution < -0.4 is 4.90 Å². The molecule has 25 heavy (non-hydrogen) atoms. The highest BCUT2D eigenvalue weighted by Crippen LogP contribution is 2.45. The lowest BCUT2D eigenvalue weighted by Gasteiger charge is -2.42. The van der Waals surface area contributed by atoms with Crippen LogP contribution in [0.15, 0.2) is 36.8 Å². The Labute approximate surface area is 149 Å². The lowest BCUT2D eigenvalue weighted by Crippen LogP contribution is -2.45. The number of hydrogen-bond donors (Lipinski definition) is 1. The summed E-state index contributed by atoms with van der Waals surface area (Å²) in [4.78, 5) is 13.6. The van der Waals surface area contributed by atoms with E-state index in [1.807, 2.05) is 6.07 Å². The first-order valence-electron chi connectivity index (χ1n) is 9.15. The molecule has 1 atom stereocenters. The zero-order chi connectivity index (χ0) is 17.3. The van der Waals surface area contributed by atoms with E-state index >= 15 is 0 Å². The Bertz CT molecular complexity index is 693. The van der Waals surface area contributed by atoms with Crippen molar-refractivity contribution >= 4 is 5.95 Å². The quantitative estimate of drug-likeness (QED) is 0.914. The van der Waals surface area contributed by atoms with Crippen molar-refractivity contribution in [3.05, 3.63) is 42.5 Å². The molecule has 2 aromatic rings. The van der Waals surface area contributed by atoms with Gasteiger partial charge >= 0.3 is 0 Å². The molecule has 0 aliphatic carbocycles. The van der Waals surface area contributed by atoms with Crippen LogP contribution in [0.5, 0.6) is 0 Å². The van der Waals surface area contributed by atoms with Crippen LogP contribution in [0.25, 0.3) is 0 Å². The number of anilines is 1. The second-order valence-corrected chi connectivity index (χ2v) is 7.56. The van der Waals surface area contributed by atoms with Gasteiger partial charge in [0.15, 0.2) is 0 Å². The summed E-state index contributed by atoms with van der Waals surface area (Å²) in [7, 11) is 2.11. The van der Waals surface area contributed by atoms with Crippen LogP contribution in [0.3, 0.4) is 0 Å². The van der Waals surface area contributed by atoms with E-state index in [1.54, 1.807) is 12.4 Å². The topological polar surface area (TPSA) is 57.4 Å². The Morgan fingerprint density at radius 2 is 1.96 bits per heavy atom. The van der Waals surface area contributed by atoms with E-state index in [0.717, 1.165) is 51.5 Å². The zero-order valence-electron chi connectivity index (χ0n) is 14.9. The van der Waals surface area contributed by atoms with Gasteiger partial charge in [-0.3, -0.25) is 4.90 Å². The van der Waals surface area contributed by atoms with Crippen molar-refractivity contribution in [3.63, 3.8) is 0 Å². The molecule has 2 aliphatic heterocycles. The van der Waals surface area contributed by atoms with Gasteiger partial charge in [-0.05, 0) is 49.5 Å². The molecule has 0 saturated carbocycles. The highest BCUT2D eigenvalue weighted by Gasteiger charge is 2.48. The number of piperidine rings is 1. The van der Waals surface area contributed by atoms with Crippen molar-refractivity contribution in [1.82, 2.24) is 19.4 Å². The van der Waals surface area contributed by atoms with Crippen LogP contribution in [-0.2, 0) is 13.6 Å². The van der Waals surface area contributed by atoms with Crippen molar-refractivity contribution in [2.24, 2.45) is 18.4 Å². The van der Waals surface area contributed by atoms with Crippen LogP contribution in [-0.4, -0.2) is 57.3 Å². The van der Waals surface area contributed by atoms with Crippen molar-refractivity contribution < 1.29 is 5.11 Å². The summed E-state index contributed by atoms with van der Waals surface area (Å²) in [6.45, 7) is 5.25. The molecule has 1 N–H and O–H groups in total. The third-order valence-corrected chi connectivity index (χ3v) is 6.16. The molecule has 4 rings (SSSR count). The van der Waals surface area contributed by atoms with Gasteiger partial charge in [0.25, 0.3) is 0 Å². The Kier molecular flexibility index (Phi) is 4.48. The van der Waals surface area contributed by atoms with E-state index in [-0.39, 0.29) is 12.0 Å². The fourth-order valence-corrected chi connectivity index (χ4v) is 4.50. The molecular formula is C19H27N5O. The molecule has 0 radical (unpaired) electrons. The predicted octanol–water partition coefficient (Wildman–Crippen LogP) is 1.53. The number of aryl methyl sites for hydroxylation is 1. The average Bonchev–Trinajstić information content (AvgIpc) is 3.22. The second kappa shape index (κ2) is 6.77. The Morgan fingerprint density at radius 3 is 2.60 bits per heavy atom. The smallest absolute Gasteiger partial charge is 0.225 e. The van der Waals surface area contributed by atoms with Gasteiger partial charge in [0, 0.05) is 63.5 Å². The lowest BCUT2D eigenvalue weighted by atomic mass is 9.71. The fraction of sp³-hybridized carbons (Fsp3) is 0.579. The maximum Gasteiger partial charge on any atom is 0.225 e. The maximum absolute atomic E-state index is 9.97. The summed E-state index contributed by atoms with van der Waals surface area (Å²) < 4.78 is 2.20. The Morgan fingerprint density at radius 1 is 1.20 bits per heavy atom. The highest BCUT2D eigenvalue weighted by atomic mass is 16.3. The largest absolute Gasteiger partial charge is 0.396 e. The van der Waals surface area contributed by atoms with Crippen molar-refractivity contribution in [1.29, 1.82) is 0 Å². The molecule has 134 valence electrons. The average molecular weight is 341 g/mol. The molecule has 0 bridgehead atoms. The molecular weight excluding hydrogens is 314 g/mol. The van der Waals surface area contributed by atoms with Crippen LogP contribution in [0, 0.1) is 11.3 Å². The van der Waals surface area contributed by atoms with E-state index in [9.17, 15) is 5.11 Å². The van der Waals surface area contributed by atoms with Crippen LogP contribution >= 0.6 is 0 Å². The summed E-state index contributed by atoms with van der Waals surface area (Å²) >= 11 is 0. The molecule has 2 saturated heterocycles. The first kappa shape index (κ1) is 16.5. The van der Waals surface area contributed by atoms with Gasteiger partial charge < -0.3 is 14.6 Å². The van der Waals surface area contributed by atoms with Crippen molar-refractivity contribution in [2.45, 2.75) is 19.4 Å². The van der Waals surface area contributed by atoms with E-state index in [4.69, 9.17) is 0 Å². The predicted molar refractivity (Wildman–Crippen MR) is 97.2 cm³/mol. The van der Waals surface area contributed by atoms with Gasteiger partial charge in [0.1, 0.15) is 0 Å². The molecule has 0 amide bonds. The SMILES string of the molecule is Cn1cccc1CN1CCC2(CC1)CN(c1ncccn1)CC2CO. The number of hydrogen-bond acceptors (Lipinski definition) is 5. The minimum atomic E-state index is 0.193. The molecule has 4 heterocycles. The maximum atomic E-state index is 9.97. The summed E-state index contributed by atoms with van der Waals surface area (Å²) in [6.07, 6.45) is 7.96. The fourth-order valence-electron chi connectivity index (χ4n) is 4.50. The number of aliphatic hydroxyl groups is 1. The summed E-state index contributed by atoms with van der Waals surface area (Å²) in [5.74, 6) is 1.11. The minimum absolute atomic E-state index is 0.193. The highest BCUT2D eigenvalue weighted by molar-refractivity contribution is 5.33.